The van der Waals surface area contributed by atoms with Crippen LogP contribution >= 0.6 is 0 Å². The van der Waals surface area contributed by atoms with Crippen LogP contribution in [-0.4, -0.2) is 19.9 Å². The van der Waals surface area contributed by atoms with Crippen molar-refractivity contribution in [1.29, 1.82) is 0 Å². The third-order valence-corrected chi connectivity index (χ3v) is 4.62. The number of amides is 1. The van der Waals surface area contributed by atoms with Crippen molar-refractivity contribution in [3.63, 3.8) is 0 Å². The second-order valence-electron chi connectivity index (χ2n) is 6.70. The summed E-state index contributed by atoms with van der Waals surface area (Å²) in [6, 6.07) is 12.9. The van der Waals surface area contributed by atoms with Crippen LogP contribution in [-0.2, 0) is 10.0 Å². The molecule has 2 N–H and O–H groups in total. The molecule has 0 heterocycles. The van der Waals surface area contributed by atoms with Gasteiger partial charge in [0.1, 0.15) is 0 Å². The highest BCUT2D eigenvalue weighted by atomic mass is 32.2. The number of anilines is 1. The van der Waals surface area contributed by atoms with Crippen molar-refractivity contribution in [3.05, 3.63) is 59.7 Å². The van der Waals surface area contributed by atoms with Gasteiger partial charge >= 0.3 is 0 Å². The molecule has 0 fully saturated rings. The molecule has 0 aliphatic rings. The highest BCUT2D eigenvalue weighted by Crippen LogP contribution is 2.17. The van der Waals surface area contributed by atoms with Gasteiger partial charge in [0.15, 0.2) is 0 Å². The molecule has 0 saturated heterocycles. The molecule has 0 aromatic heterocycles. The second-order valence-corrected chi connectivity index (χ2v) is 8.38. The van der Waals surface area contributed by atoms with Gasteiger partial charge < -0.3 is 5.32 Å². The molecule has 2 aromatic rings. The van der Waals surface area contributed by atoms with E-state index in [0.717, 1.165) is 5.56 Å². The molecule has 6 heteroatoms. The molecule has 5 nitrogen and oxygen atoms in total. The van der Waals surface area contributed by atoms with Crippen molar-refractivity contribution in [2.75, 3.05) is 4.72 Å². The lowest BCUT2D eigenvalue weighted by Crippen LogP contribution is -2.40. The molecule has 2 aromatic carbocycles. The monoisotopic (exact) mass is 346 g/mol. The Morgan fingerprint density at radius 2 is 1.46 bits per heavy atom. The van der Waals surface area contributed by atoms with Crippen LogP contribution in [0.25, 0.3) is 0 Å². The summed E-state index contributed by atoms with van der Waals surface area (Å²) in [6.45, 7) is 7.58. The molecule has 2 rings (SSSR count). The fraction of sp³-hybridized carbons (Fsp3) is 0.278. The van der Waals surface area contributed by atoms with Crippen LogP contribution in [0, 0.1) is 6.92 Å². The van der Waals surface area contributed by atoms with Crippen molar-refractivity contribution < 1.29 is 13.2 Å². The first kappa shape index (κ1) is 18.0. The van der Waals surface area contributed by atoms with E-state index in [9.17, 15) is 13.2 Å². The van der Waals surface area contributed by atoms with Gasteiger partial charge in [0.2, 0.25) is 0 Å². The molecular weight excluding hydrogens is 324 g/mol. The number of hydrogen-bond acceptors (Lipinski definition) is 3. The van der Waals surface area contributed by atoms with Gasteiger partial charge in [0.05, 0.1) is 4.90 Å². The SMILES string of the molecule is Cc1ccc(NS(=O)(=O)c2ccc(C(=O)NC(C)(C)C)cc2)cc1. The molecule has 24 heavy (non-hydrogen) atoms. The van der Waals surface area contributed by atoms with E-state index < -0.39 is 10.0 Å². The van der Waals surface area contributed by atoms with E-state index in [-0.39, 0.29) is 16.3 Å². The third kappa shape index (κ3) is 4.83. The molecule has 0 radical (unpaired) electrons. The van der Waals surface area contributed by atoms with Gasteiger partial charge in [0.25, 0.3) is 15.9 Å². The molecule has 0 bridgehead atoms. The third-order valence-electron chi connectivity index (χ3n) is 3.22. The van der Waals surface area contributed by atoms with Crippen LogP contribution in [0.5, 0.6) is 0 Å². The number of hydrogen-bond donors (Lipinski definition) is 2. The Hall–Kier alpha value is -2.34. The van der Waals surface area contributed by atoms with Crippen LogP contribution in [0.3, 0.4) is 0 Å². The zero-order chi connectivity index (χ0) is 18.0. The summed E-state index contributed by atoms with van der Waals surface area (Å²) in [6.07, 6.45) is 0. The van der Waals surface area contributed by atoms with Crippen molar-refractivity contribution in [2.24, 2.45) is 0 Å². The van der Waals surface area contributed by atoms with Crippen LogP contribution in [0.15, 0.2) is 53.4 Å². The normalized spacial score (nSPS) is 11.8. The molecule has 0 atom stereocenters. The summed E-state index contributed by atoms with van der Waals surface area (Å²) in [4.78, 5) is 12.2. The molecule has 0 spiro atoms. The second kappa shape index (κ2) is 6.65. The predicted molar refractivity (Wildman–Crippen MR) is 95.6 cm³/mol. The van der Waals surface area contributed by atoms with E-state index >= 15 is 0 Å². The summed E-state index contributed by atoms with van der Waals surface area (Å²) >= 11 is 0. The minimum absolute atomic E-state index is 0.107. The summed E-state index contributed by atoms with van der Waals surface area (Å²) < 4.78 is 27.3. The molecule has 0 aliphatic heterocycles. The first-order valence-electron chi connectivity index (χ1n) is 7.59. The summed E-state index contributed by atoms with van der Waals surface area (Å²) in [5.74, 6) is -0.238. The topological polar surface area (TPSA) is 75.3 Å². The Bertz CT molecular complexity index is 818. The van der Waals surface area contributed by atoms with Crippen molar-refractivity contribution in [3.8, 4) is 0 Å². The van der Waals surface area contributed by atoms with Crippen LogP contribution in [0.1, 0.15) is 36.7 Å². The maximum Gasteiger partial charge on any atom is 0.261 e. The van der Waals surface area contributed by atoms with E-state index in [2.05, 4.69) is 10.0 Å². The zero-order valence-electron chi connectivity index (χ0n) is 14.3. The van der Waals surface area contributed by atoms with Gasteiger partial charge in [-0.3, -0.25) is 9.52 Å². The molecular formula is C18H22N2O3S. The fourth-order valence-corrected chi connectivity index (χ4v) is 3.09. The minimum atomic E-state index is -3.69. The Balaban J connectivity index is 2.17. The molecule has 0 saturated carbocycles. The summed E-state index contributed by atoms with van der Waals surface area (Å²) in [5, 5.41) is 2.83. The number of benzene rings is 2. The highest BCUT2D eigenvalue weighted by molar-refractivity contribution is 7.92. The lowest BCUT2D eigenvalue weighted by atomic mass is 10.1. The number of carbonyl (C=O) groups excluding carboxylic acids is 1. The van der Waals surface area contributed by atoms with Crippen molar-refractivity contribution in [2.45, 2.75) is 38.1 Å². The van der Waals surface area contributed by atoms with Crippen LogP contribution < -0.4 is 10.0 Å². The number of carbonyl (C=O) groups is 1. The van der Waals surface area contributed by atoms with E-state index in [1.165, 1.54) is 24.3 Å². The molecule has 128 valence electrons. The summed E-state index contributed by atoms with van der Waals surface area (Å²) in [7, 11) is -3.69. The smallest absolute Gasteiger partial charge is 0.261 e. The van der Waals surface area contributed by atoms with Crippen LogP contribution in [0.4, 0.5) is 5.69 Å². The van der Waals surface area contributed by atoms with Crippen molar-refractivity contribution >= 4 is 21.6 Å². The van der Waals surface area contributed by atoms with E-state index in [4.69, 9.17) is 0 Å². The molecule has 0 aliphatic carbocycles. The van der Waals surface area contributed by atoms with Gasteiger partial charge in [0, 0.05) is 16.8 Å². The Labute approximate surface area is 143 Å². The van der Waals surface area contributed by atoms with Gasteiger partial charge in [-0.2, -0.15) is 0 Å². The van der Waals surface area contributed by atoms with E-state index in [0.29, 0.717) is 11.3 Å². The predicted octanol–water partition coefficient (Wildman–Crippen LogP) is 3.32. The number of rotatable bonds is 4. The Kier molecular flexibility index (Phi) is 4.99. The minimum Gasteiger partial charge on any atom is -0.347 e. The largest absolute Gasteiger partial charge is 0.347 e. The first-order valence-corrected chi connectivity index (χ1v) is 9.07. The number of sulfonamides is 1. The van der Waals surface area contributed by atoms with E-state index in [1.807, 2.05) is 39.8 Å². The zero-order valence-corrected chi connectivity index (χ0v) is 15.1. The Morgan fingerprint density at radius 3 is 1.96 bits per heavy atom. The van der Waals surface area contributed by atoms with Crippen LogP contribution in [0.2, 0.25) is 0 Å². The lowest BCUT2D eigenvalue weighted by molar-refractivity contribution is 0.0919. The maximum atomic E-state index is 12.4. The molecule has 0 unspecified atom stereocenters. The van der Waals surface area contributed by atoms with Gasteiger partial charge in [-0.05, 0) is 64.1 Å². The number of nitrogens with one attached hydrogen (secondary N) is 2. The van der Waals surface area contributed by atoms with Crippen molar-refractivity contribution in [1.82, 2.24) is 5.32 Å². The first-order chi connectivity index (χ1) is 11.1. The van der Waals surface area contributed by atoms with Gasteiger partial charge in [-0.1, -0.05) is 17.7 Å². The Morgan fingerprint density at radius 1 is 0.917 bits per heavy atom. The standard InChI is InChI=1S/C18H22N2O3S/c1-13-5-9-15(10-6-13)20-24(22,23)16-11-7-14(8-12-16)17(21)19-18(2,3)4/h5-12,20H,1-4H3,(H,19,21). The molecule has 1 amide bonds. The maximum absolute atomic E-state index is 12.4. The average Bonchev–Trinajstić information content (AvgIpc) is 2.48. The van der Waals surface area contributed by atoms with E-state index in [1.54, 1.807) is 12.1 Å². The van der Waals surface area contributed by atoms with Gasteiger partial charge in [-0.15, -0.1) is 0 Å². The fourth-order valence-electron chi connectivity index (χ4n) is 2.03. The number of aryl methyl sites for hydroxylation is 1. The average molecular weight is 346 g/mol. The lowest BCUT2D eigenvalue weighted by Gasteiger charge is -2.20. The van der Waals surface area contributed by atoms with Gasteiger partial charge in [-0.25, -0.2) is 8.42 Å². The quantitative estimate of drug-likeness (QED) is 0.892. The summed E-state index contributed by atoms with van der Waals surface area (Å²) in [5.41, 5.74) is 1.61. The highest BCUT2D eigenvalue weighted by Gasteiger charge is 2.18.